The second-order valence-electron chi connectivity index (χ2n) is 3.62. The molecule has 92 valence electrons. The monoisotopic (exact) mass is 260 g/mol. The fourth-order valence-corrected chi connectivity index (χ4v) is 2.82. The molecule has 0 bridgehead atoms. The van der Waals surface area contributed by atoms with Crippen molar-refractivity contribution >= 4 is 22.0 Å². The van der Waals surface area contributed by atoms with Crippen molar-refractivity contribution in [2.45, 2.75) is 4.90 Å². The number of aromatic nitrogens is 2. The van der Waals surface area contributed by atoms with Crippen molar-refractivity contribution < 1.29 is 9.69 Å². The van der Waals surface area contributed by atoms with Gasteiger partial charge >= 0.3 is 0 Å². The van der Waals surface area contributed by atoms with E-state index in [1.807, 2.05) is 48.5 Å². The molecule has 2 N–H and O–H groups in total. The van der Waals surface area contributed by atoms with Gasteiger partial charge < -0.3 is 5.48 Å². The van der Waals surface area contributed by atoms with Gasteiger partial charge in [0, 0.05) is 17.8 Å². The number of nitrogens with zero attached hydrogens (tertiary/aromatic N) is 2. The average Bonchev–Trinajstić information content (AvgIpc) is 2.83. The summed E-state index contributed by atoms with van der Waals surface area (Å²) in [4.78, 5) is 5.03. The molecule has 2 aromatic heterocycles. The molecule has 0 amide bonds. The fraction of sp³-hybridized carbons (Fsp3) is 0. The van der Waals surface area contributed by atoms with Crippen molar-refractivity contribution in [2.24, 2.45) is 0 Å². The molecule has 5 heteroatoms. The zero-order chi connectivity index (χ0) is 11.7. The lowest BCUT2D eigenvalue weighted by molar-refractivity contribution is 0.678. The third-order valence-corrected chi connectivity index (χ3v) is 3.87. The molecule has 18 heavy (non-hydrogen) atoms. The maximum atomic E-state index is 12.4. The van der Waals surface area contributed by atoms with Crippen LogP contribution in [0.1, 0.15) is 0 Å². The van der Waals surface area contributed by atoms with E-state index in [4.69, 9.17) is 0 Å². The lowest BCUT2D eigenvalue weighted by atomic mass is 10.3. The van der Waals surface area contributed by atoms with Crippen molar-refractivity contribution in [3.05, 3.63) is 60.9 Å². The van der Waals surface area contributed by atoms with Crippen LogP contribution in [0.15, 0.2) is 65.8 Å². The van der Waals surface area contributed by atoms with E-state index < -0.39 is 11.0 Å². The molecule has 0 spiro atoms. The van der Waals surface area contributed by atoms with Crippen molar-refractivity contribution in [3.63, 3.8) is 0 Å². The SMILES string of the molecule is O.O=S(c1ccccc1)n1ccc2cccnc21. The molecule has 1 aromatic carbocycles. The molecule has 1 atom stereocenters. The first kappa shape index (κ1) is 12.5. The normalized spacial score (nSPS) is 12.0. The van der Waals surface area contributed by atoms with E-state index in [0.717, 1.165) is 15.9 Å². The molecule has 0 aliphatic heterocycles. The summed E-state index contributed by atoms with van der Waals surface area (Å²) in [6, 6.07) is 15.1. The van der Waals surface area contributed by atoms with Gasteiger partial charge in [-0.2, -0.15) is 0 Å². The molecule has 0 saturated carbocycles. The zero-order valence-electron chi connectivity index (χ0n) is 9.48. The molecule has 0 aliphatic carbocycles. The van der Waals surface area contributed by atoms with Crippen LogP contribution >= 0.6 is 0 Å². The standard InChI is InChI=1S/C13H10N2OS.H2O/c16-17(12-6-2-1-3-7-12)15-10-8-11-5-4-9-14-13(11)15;/h1-10H;1H2. The van der Waals surface area contributed by atoms with E-state index in [0.29, 0.717) is 0 Å². The molecular weight excluding hydrogens is 248 g/mol. The molecular formula is C13H12N2O2S. The van der Waals surface area contributed by atoms with Crippen molar-refractivity contribution in [1.29, 1.82) is 0 Å². The van der Waals surface area contributed by atoms with Gasteiger partial charge in [0.1, 0.15) is 0 Å². The van der Waals surface area contributed by atoms with E-state index in [-0.39, 0.29) is 5.48 Å². The highest BCUT2D eigenvalue weighted by Crippen LogP contribution is 2.17. The number of fused-ring (bicyclic) bond motifs is 1. The van der Waals surface area contributed by atoms with Gasteiger partial charge in [0.05, 0.1) is 4.90 Å². The summed E-state index contributed by atoms with van der Waals surface area (Å²) in [5, 5.41) is 0.997. The highest BCUT2D eigenvalue weighted by Gasteiger charge is 2.09. The van der Waals surface area contributed by atoms with Crippen LogP contribution in [0.4, 0.5) is 0 Å². The summed E-state index contributed by atoms with van der Waals surface area (Å²) in [7, 11) is -1.24. The van der Waals surface area contributed by atoms with E-state index in [2.05, 4.69) is 4.98 Å². The Morgan fingerprint density at radius 1 is 1.00 bits per heavy atom. The minimum Gasteiger partial charge on any atom is -0.412 e. The largest absolute Gasteiger partial charge is 0.412 e. The number of hydrogen-bond acceptors (Lipinski definition) is 2. The Morgan fingerprint density at radius 3 is 2.56 bits per heavy atom. The summed E-state index contributed by atoms with van der Waals surface area (Å²) in [6.07, 6.45) is 3.52. The van der Waals surface area contributed by atoms with Gasteiger partial charge in [-0.15, -0.1) is 0 Å². The van der Waals surface area contributed by atoms with Crippen LogP contribution in [0.25, 0.3) is 11.0 Å². The molecule has 3 aromatic rings. The Morgan fingerprint density at radius 2 is 1.78 bits per heavy atom. The van der Waals surface area contributed by atoms with Crippen LogP contribution < -0.4 is 0 Å². The van der Waals surface area contributed by atoms with Gasteiger partial charge in [-0.1, -0.05) is 18.2 Å². The van der Waals surface area contributed by atoms with Gasteiger partial charge in [-0.05, 0) is 30.3 Å². The number of hydrogen-bond donors (Lipinski definition) is 0. The summed E-state index contributed by atoms with van der Waals surface area (Å²) in [5.74, 6) is 0. The molecule has 0 radical (unpaired) electrons. The summed E-state index contributed by atoms with van der Waals surface area (Å²) < 4.78 is 14.0. The minimum absolute atomic E-state index is 0. The van der Waals surface area contributed by atoms with Gasteiger partial charge in [0.2, 0.25) is 0 Å². The number of pyridine rings is 1. The van der Waals surface area contributed by atoms with E-state index in [1.165, 1.54) is 0 Å². The highest BCUT2D eigenvalue weighted by molar-refractivity contribution is 7.83. The number of benzene rings is 1. The maximum absolute atomic E-state index is 12.4. The minimum atomic E-state index is -1.24. The molecule has 0 aliphatic rings. The molecule has 0 fully saturated rings. The third-order valence-electron chi connectivity index (χ3n) is 2.54. The van der Waals surface area contributed by atoms with Crippen LogP contribution in [-0.2, 0) is 11.0 Å². The van der Waals surface area contributed by atoms with Gasteiger partial charge in [-0.3, -0.25) is 0 Å². The Bertz CT molecular complexity index is 680. The number of rotatable bonds is 2. The molecule has 2 heterocycles. The smallest absolute Gasteiger partial charge is 0.158 e. The van der Waals surface area contributed by atoms with Crippen LogP contribution in [-0.4, -0.2) is 18.6 Å². The second-order valence-corrected chi connectivity index (χ2v) is 4.98. The van der Waals surface area contributed by atoms with E-state index in [1.54, 1.807) is 16.4 Å². The lowest BCUT2D eigenvalue weighted by Gasteiger charge is -2.03. The fourth-order valence-electron chi connectivity index (χ4n) is 1.73. The quantitative estimate of drug-likeness (QED) is 0.705. The topological polar surface area (TPSA) is 66.4 Å². The summed E-state index contributed by atoms with van der Waals surface area (Å²) in [6.45, 7) is 0. The Labute approximate surface area is 107 Å². The first-order valence-electron chi connectivity index (χ1n) is 5.26. The summed E-state index contributed by atoms with van der Waals surface area (Å²) in [5.41, 5.74) is 0.745. The zero-order valence-corrected chi connectivity index (χ0v) is 10.3. The predicted octanol–water partition coefficient (Wildman–Crippen LogP) is 1.78. The molecule has 1 unspecified atom stereocenters. The Hall–Kier alpha value is -1.98. The predicted molar refractivity (Wildman–Crippen MR) is 71.6 cm³/mol. The van der Waals surface area contributed by atoms with Gasteiger partial charge in [0.15, 0.2) is 16.6 Å². The van der Waals surface area contributed by atoms with Crippen LogP contribution in [0.5, 0.6) is 0 Å². The summed E-state index contributed by atoms with van der Waals surface area (Å²) >= 11 is 0. The van der Waals surface area contributed by atoms with Crippen molar-refractivity contribution in [3.8, 4) is 0 Å². The lowest BCUT2D eigenvalue weighted by Crippen LogP contribution is -2.03. The molecule has 3 rings (SSSR count). The first-order chi connectivity index (χ1) is 8.36. The maximum Gasteiger partial charge on any atom is 0.158 e. The third kappa shape index (κ3) is 2.05. The molecule has 4 nitrogen and oxygen atoms in total. The van der Waals surface area contributed by atoms with Crippen LogP contribution in [0, 0.1) is 0 Å². The Balaban J connectivity index is 0.00000120. The van der Waals surface area contributed by atoms with Crippen LogP contribution in [0.2, 0.25) is 0 Å². The molecule has 0 saturated heterocycles. The average molecular weight is 260 g/mol. The van der Waals surface area contributed by atoms with E-state index in [9.17, 15) is 4.21 Å². The van der Waals surface area contributed by atoms with E-state index >= 15 is 0 Å². The second kappa shape index (κ2) is 5.12. The van der Waals surface area contributed by atoms with Crippen molar-refractivity contribution in [1.82, 2.24) is 8.96 Å². The van der Waals surface area contributed by atoms with Gasteiger partial charge in [-0.25, -0.2) is 13.2 Å². The van der Waals surface area contributed by atoms with Crippen molar-refractivity contribution in [2.75, 3.05) is 0 Å². The highest BCUT2D eigenvalue weighted by atomic mass is 32.2. The first-order valence-corrected chi connectivity index (χ1v) is 6.36. The van der Waals surface area contributed by atoms with Gasteiger partial charge in [0.25, 0.3) is 0 Å². The Kier molecular flexibility index (Phi) is 3.55. The van der Waals surface area contributed by atoms with Crippen LogP contribution in [0.3, 0.4) is 0 Å².